The highest BCUT2D eigenvalue weighted by Gasteiger charge is 2.16. The lowest BCUT2D eigenvalue weighted by Gasteiger charge is -2.12. The molecule has 4 nitrogen and oxygen atoms in total. The number of nitrogens with zero attached hydrogens (tertiary/aromatic N) is 2. The Morgan fingerprint density at radius 3 is 2.81 bits per heavy atom. The Bertz CT molecular complexity index is 850. The summed E-state index contributed by atoms with van der Waals surface area (Å²) >= 11 is 9.22. The second-order valence-corrected chi connectivity index (χ2v) is 5.67. The van der Waals surface area contributed by atoms with Crippen molar-refractivity contribution in [1.82, 2.24) is 9.55 Å². The number of anilines is 1. The first-order valence-electron chi connectivity index (χ1n) is 5.98. The summed E-state index contributed by atoms with van der Waals surface area (Å²) in [5.74, 6) is 0.416. The zero-order valence-corrected chi connectivity index (χ0v) is 13.2. The summed E-state index contributed by atoms with van der Waals surface area (Å²) in [7, 11) is 1.55. The number of aromatic nitrogens is 2. The Morgan fingerprint density at radius 1 is 1.33 bits per heavy atom. The van der Waals surface area contributed by atoms with Gasteiger partial charge >= 0.3 is 0 Å². The molecule has 0 saturated heterocycles. The molecule has 0 amide bonds. The molecule has 0 unspecified atom stereocenters. The molecule has 0 aliphatic carbocycles. The molecular formula is C14H10BrClFN3O. The van der Waals surface area contributed by atoms with Crippen LogP contribution in [0, 0.1) is 5.82 Å². The molecule has 7 heteroatoms. The average Bonchev–Trinajstić information content (AvgIpc) is 2.74. The number of nitrogen functional groups attached to an aromatic ring is 1. The molecule has 1 aromatic heterocycles. The molecule has 0 aliphatic heterocycles. The molecule has 3 aromatic rings. The van der Waals surface area contributed by atoms with Crippen LogP contribution < -0.4 is 10.5 Å². The molecule has 0 saturated carbocycles. The van der Waals surface area contributed by atoms with Crippen LogP contribution in [0.2, 0.25) is 5.02 Å². The van der Waals surface area contributed by atoms with Gasteiger partial charge in [0.15, 0.2) is 0 Å². The Balaban J connectivity index is 2.37. The second-order valence-electron chi connectivity index (χ2n) is 4.38. The van der Waals surface area contributed by atoms with Crippen molar-refractivity contribution < 1.29 is 9.13 Å². The van der Waals surface area contributed by atoms with E-state index in [2.05, 4.69) is 20.9 Å². The Labute approximate surface area is 133 Å². The van der Waals surface area contributed by atoms with Gasteiger partial charge in [0.1, 0.15) is 11.6 Å². The summed E-state index contributed by atoms with van der Waals surface area (Å²) in [6.45, 7) is 0. The van der Waals surface area contributed by atoms with Crippen molar-refractivity contribution in [2.75, 3.05) is 12.8 Å². The number of nitrogens with two attached hydrogens (primary N) is 1. The number of imidazole rings is 1. The van der Waals surface area contributed by atoms with Crippen LogP contribution >= 0.6 is 27.5 Å². The standard InChI is InChI=1S/C14H10BrClFN3O/c1-21-13-3-2-7(16)4-12(13)20-11-5-8(15)9(17)6-10(11)19-14(20)18/h2-6H,1H3,(H2,18,19). The Morgan fingerprint density at radius 2 is 2.10 bits per heavy atom. The highest BCUT2D eigenvalue weighted by Crippen LogP contribution is 2.33. The van der Waals surface area contributed by atoms with Crippen molar-refractivity contribution in [3.63, 3.8) is 0 Å². The van der Waals surface area contributed by atoms with Gasteiger partial charge in [-0.2, -0.15) is 0 Å². The van der Waals surface area contributed by atoms with Gasteiger partial charge in [-0.1, -0.05) is 11.6 Å². The third kappa shape index (κ3) is 2.34. The van der Waals surface area contributed by atoms with Gasteiger partial charge in [-0.15, -0.1) is 0 Å². The zero-order valence-electron chi connectivity index (χ0n) is 10.9. The third-order valence-electron chi connectivity index (χ3n) is 3.10. The number of ether oxygens (including phenoxy) is 1. The lowest BCUT2D eigenvalue weighted by Crippen LogP contribution is -2.03. The molecule has 3 rings (SSSR count). The largest absolute Gasteiger partial charge is 0.495 e. The molecule has 21 heavy (non-hydrogen) atoms. The smallest absolute Gasteiger partial charge is 0.206 e. The molecule has 2 aromatic carbocycles. The van der Waals surface area contributed by atoms with Crippen LogP contribution in [0.15, 0.2) is 34.8 Å². The average molecular weight is 371 g/mol. The van der Waals surface area contributed by atoms with Gasteiger partial charge in [0.05, 0.1) is 28.3 Å². The van der Waals surface area contributed by atoms with Gasteiger partial charge in [0, 0.05) is 11.1 Å². The van der Waals surface area contributed by atoms with Crippen molar-refractivity contribution in [3.05, 3.63) is 45.6 Å². The highest BCUT2D eigenvalue weighted by atomic mass is 79.9. The minimum absolute atomic E-state index is 0.225. The number of hydrogen-bond donors (Lipinski definition) is 1. The first-order valence-corrected chi connectivity index (χ1v) is 7.15. The molecular weight excluding hydrogens is 361 g/mol. The maximum absolute atomic E-state index is 13.6. The fraction of sp³-hybridized carbons (Fsp3) is 0.0714. The van der Waals surface area contributed by atoms with Crippen LogP contribution in [-0.4, -0.2) is 16.7 Å². The lowest BCUT2D eigenvalue weighted by molar-refractivity contribution is 0.413. The minimum atomic E-state index is -0.398. The first-order chi connectivity index (χ1) is 10.0. The summed E-state index contributed by atoms with van der Waals surface area (Å²) in [6.07, 6.45) is 0. The SMILES string of the molecule is COc1ccc(Cl)cc1-n1c(N)nc2cc(F)c(Br)cc21. The molecule has 0 spiro atoms. The van der Waals surface area contributed by atoms with Gasteiger partial charge in [-0.3, -0.25) is 4.57 Å². The van der Waals surface area contributed by atoms with Crippen molar-refractivity contribution in [1.29, 1.82) is 0 Å². The van der Waals surface area contributed by atoms with Crippen LogP contribution in [0.25, 0.3) is 16.7 Å². The number of benzene rings is 2. The van der Waals surface area contributed by atoms with E-state index >= 15 is 0 Å². The molecule has 0 bridgehead atoms. The van der Waals surface area contributed by atoms with Crippen LogP contribution in [0.4, 0.5) is 10.3 Å². The summed E-state index contributed by atoms with van der Waals surface area (Å²) in [5.41, 5.74) is 7.72. The molecule has 108 valence electrons. The summed E-state index contributed by atoms with van der Waals surface area (Å²) in [5, 5.41) is 0.535. The normalized spacial score (nSPS) is 11.0. The fourth-order valence-corrected chi connectivity index (χ4v) is 2.68. The highest BCUT2D eigenvalue weighted by molar-refractivity contribution is 9.10. The quantitative estimate of drug-likeness (QED) is 0.736. The van der Waals surface area contributed by atoms with E-state index < -0.39 is 5.82 Å². The molecule has 0 radical (unpaired) electrons. The van der Waals surface area contributed by atoms with Gasteiger partial charge in [-0.25, -0.2) is 9.37 Å². The van der Waals surface area contributed by atoms with Crippen molar-refractivity contribution in [2.24, 2.45) is 0 Å². The first kappa shape index (κ1) is 14.2. The predicted octanol–water partition coefficient (Wildman–Crippen LogP) is 4.17. The molecule has 0 atom stereocenters. The fourth-order valence-electron chi connectivity index (χ4n) is 2.18. The van der Waals surface area contributed by atoms with Crippen molar-refractivity contribution in [3.8, 4) is 11.4 Å². The van der Waals surface area contributed by atoms with Crippen LogP contribution in [-0.2, 0) is 0 Å². The maximum Gasteiger partial charge on any atom is 0.206 e. The number of fused-ring (bicyclic) bond motifs is 1. The van der Waals surface area contributed by atoms with E-state index in [1.807, 2.05) is 0 Å². The number of methoxy groups -OCH3 is 1. The van der Waals surface area contributed by atoms with E-state index in [0.717, 1.165) is 0 Å². The van der Waals surface area contributed by atoms with Crippen LogP contribution in [0.3, 0.4) is 0 Å². The number of halogens is 3. The van der Waals surface area contributed by atoms with Gasteiger partial charge in [-0.05, 0) is 40.2 Å². The van der Waals surface area contributed by atoms with E-state index in [9.17, 15) is 4.39 Å². The third-order valence-corrected chi connectivity index (χ3v) is 3.95. The van der Waals surface area contributed by atoms with Crippen LogP contribution in [0.1, 0.15) is 0 Å². The van der Waals surface area contributed by atoms with E-state index in [1.165, 1.54) is 6.07 Å². The molecule has 0 fully saturated rings. The van der Waals surface area contributed by atoms with E-state index in [1.54, 1.807) is 35.9 Å². The minimum Gasteiger partial charge on any atom is -0.495 e. The molecule has 2 N–H and O–H groups in total. The predicted molar refractivity (Wildman–Crippen MR) is 84.7 cm³/mol. The monoisotopic (exact) mass is 369 g/mol. The summed E-state index contributed by atoms with van der Waals surface area (Å²) in [4.78, 5) is 4.18. The second kappa shape index (κ2) is 5.20. The van der Waals surface area contributed by atoms with Gasteiger partial charge < -0.3 is 10.5 Å². The summed E-state index contributed by atoms with van der Waals surface area (Å²) in [6, 6.07) is 8.11. The van der Waals surface area contributed by atoms with Gasteiger partial charge in [0.2, 0.25) is 5.95 Å². The number of rotatable bonds is 2. The molecule has 1 heterocycles. The van der Waals surface area contributed by atoms with E-state index in [-0.39, 0.29) is 5.95 Å². The lowest BCUT2D eigenvalue weighted by atomic mass is 10.2. The van der Waals surface area contributed by atoms with E-state index in [4.69, 9.17) is 22.1 Å². The summed E-state index contributed by atoms with van der Waals surface area (Å²) < 4.78 is 21.0. The zero-order chi connectivity index (χ0) is 15.1. The van der Waals surface area contributed by atoms with Crippen LogP contribution in [0.5, 0.6) is 5.75 Å². The topological polar surface area (TPSA) is 53.1 Å². The van der Waals surface area contributed by atoms with Crippen molar-refractivity contribution in [2.45, 2.75) is 0 Å². The number of hydrogen-bond acceptors (Lipinski definition) is 3. The Hall–Kier alpha value is -1.79. The maximum atomic E-state index is 13.6. The van der Waals surface area contributed by atoms with Gasteiger partial charge in [0.25, 0.3) is 0 Å². The molecule has 0 aliphatic rings. The van der Waals surface area contributed by atoms with E-state index in [0.29, 0.717) is 32.0 Å². The van der Waals surface area contributed by atoms with Crippen molar-refractivity contribution >= 4 is 44.5 Å². The Kier molecular flexibility index (Phi) is 3.51.